The van der Waals surface area contributed by atoms with Gasteiger partial charge in [0, 0.05) is 13.7 Å². The minimum absolute atomic E-state index is 0.121. The van der Waals surface area contributed by atoms with Crippen LogP contribution in [0.4, 0.5) is 4.39 Å². The summed E-state index contributed by atoms with van der Waals surface area (Å²) in [5.41, 5.74) is 1.32. The van der Waals surface area contributed by atoms with Crippen molar-refractivity contribution in [3.8, 4) is 0 Å². The average Bonchev–Trinajstić information content (AvgIpc) is 3.14. The fraction of sp³-hybridized carbons (Fsp3) is 0.278. The van der Waals surface area contributed by atoms with Crippen LogP contribution in [0.1, 0.15) is 5.56 Å². The van der Waals surface area contributed by atoms with Gasteiger partial charge in [-0.15, -0.1) is 11.3 Å². The second-order valence-corrected chi connectivity index (χ2v) is 7.53. The number of fused-ring (bicyclic) bond motifs is 1. The molecule has 0 fully saturated rings. The highest BCUT2D eigenvalue weighted by Crippen LogP contribution is 2.20. The van der Waals surface area contributed by atoms with Gasteiger partial charge in [-0.05, 0) is 29.1 Å². The molecule has 2 aromatic heterocycles. The van der Waals surface area contributed by atoms with Crippen LogP contribution in [-0.2, 0) is 22.6 Å². The van der Waals surface area contributed by atoms with E-state index in [1.807, 2.05) is 5.38 Å². The van der Waals surface area contributed by atoms with E-state index in [1.165, 1.54) is 35.2 Å². The number of methoxy groups -OCH3 is 1. The number of carbonyl (C=O) groups excluding carboxylic acids is 1. The lowest BCUT2D eigenvalue weighted by Crippen LogP contribution is -2.27. The highest BCUT2D eigenvalue weighted by Gasteiger charge is 2.14. The number of hydrogen-bond donors (Lipinski definition) is 1. The molecule has 0 radical (unpaired) electrons. The summed E-state index contributed by atoms with van der Waals surface area (Å²) in [5, 5.41) is 5.09. The van der Waals surface area contributed by atoms with Gasteiger partial charge in [-0.1, -0.05) is 23.9 Å². The van der Waals surface area contributed by atoms with Gasteiger partial charge in [0.2, 0.25) is 5.91 Å². The van der Waals surface area contributed by atoms with Crippen molar-refractivity contribution in [2.24, 2.45) is 0 Å². The molecule has 2 heterocycles. The third kappa shape index (κ3) is 4.94. The van der Waals surface area contributed by atoms with Crippen LogP contribution in [0.25, 0.3) is 10.2 Å². The number of ether oxygens (including phenoxy) is 1. The fourth-order valence-electron chi connectivity index (χ4n) is 2.40. The predicted molar refractivity (Wildman–Crippen MR) is 105 cm³/mol. The summed E-state index contributed by atoms with van der Waals surface area (Å²) in [5.74, 6) is -0.386. The Bertz CT molecular complexity index is 986. The SMILES string of the molecule is COCCn1c(SCC(=O)NCc2ccc(F)cc2)nc2ccsc2c1=O. The van der Waals surface area contributed by atoms with Gasteiger partial charge in [-0.2, -0.15) is 0 Å². The number of thiophene rings is 1. The Morgan fingerprint density at radius 2 is 2.11 bits per heavy atom. The summed E-state index contributed by atoms with van der Waals surface area (Å²) in [6.45, 7) is 1.06. The second-order valence-electron chi connectivity index (χ2n) is 5.67. The Hall–Kier alpha value is -2.23. The molecule has 3 aromatic rings. The number of aromatic nitrogens is 2. The molecule has 0 aliphatic rings. The van der Waals surface area contributed by atoms with Crippen LogP contribution in [-0.4, -0.2) is 34.9 Å². The molecule has 3 rings (SSSR count). The second kappa shape index (κ2) is 9.12. The van der Waals surface area contributed by atoms with Crippen molar-refractivity contribution in [1.82, 2.24) is 14.9 Å². The van der Waals surface area contributed by atoms with Crippen LogP contribution in [0.3, 0.4) is 0 Å². The first-order valence-electron chi connectivity index (χ1n) is 8.19. The molecule has 0 saturated heterocycles. The quantitative estimate of drug-likeness (QED) is 0.459. The molecule has 9 heteroatoms. The number of nitrogens with zero attached hydrogens (tertiary/aromatic N) is 2. The van der Waals surface area contributed by atoms with Crippen molar-refractivity contribution >= 4 is 39.2 Å². The first kappa shape index (κ1) is 19.5. The van der Waals surface area contributed by atoms with Gasteiger partial charge in [-0.25, -0.2) is 9.37 Å². The van der Waals surface area contributed by atoms with E-state index in [1.54, 1.807) is 29.9 Å². The Morgan fingerprint density at radius 1 is 1.33 bits per heavy atom. The summed E-state index contributed by atoms with van der Waals surface area (Å²) >= 11 is 2.55. The molecular weight excluding hydrogens is 389 g/mol. The smallest absolute Gasteiger partial charge is 0.272 e. The third-order valence-corrected chi connectivity index (χ3v) is 5.65. The lowest BCUT2D eigenvalue weighted by molar-refractivity contribution is -0.118. The number of hydrogen-bond acceptors (Lipinski definition) is 6. The zero-order valence-electron chi connectivity index (χ0n) is 14.6. The topological polar surface area (TPSA) is 73.2 Å². The van der Waals surface area contributed by atoms with Crippen molar-refractivity contribution < 1.29 is 13.9 Å². The average molecular weight is 407 g/mol. The number of amides is 1. The zero-order valence-corrected chi connectivity index (χ0v) is 16.2. The minimum atomic E-state index is -0.315. The molecule has 1 amide bonds. The molecule has 0 unspecified atom stereocenters. The Morgan fingerprint density at radius 3 is 2.85 bits per heavy atom. The van der Waals surface area contributed by atoms with Crippen LogP contribution >= 0.6 is 23.1 Å². The summed E-state index contributed by atoms with van der Waals surface area (Å²) in [6, 6.07) is 7.74. The van der Waals surface area contributed by atoms with Crippen molar-refractivity contribution in [2.75, 3.05) is 19.5 Å². The summed E-state index contributed by atoms with van der Waals surface area (Å²) in [6.07, 6.45) is 0. The van der Waals surface area contributed by atoms with Gasteiger partial charge in [0.15, 0.2) is 5.16 Å². The normalized spacial score (nSPS) is 11.0. The zero-order chi connectivity index (χ0) is 19.2. The lowest BCUT2D eigenvalue weighted by Gasteiger charge is -2.11. The van der Waals surface area contributed by atoms with Crippen molar-refractivity contribution in [3.63, 3.8) is 0 Å². The monoisotopic (exact) mass is 407 g/mol. The first-order valence-corrected chi connectivity index (χ1v) is 10.1. The van der Waals surface area contributed by atoms with E-state index in [0.717, 1.165) is 5.56 Å². The van der Waals surface area contributed by atoms with E-state index in [2.05, 4.69) is 10.3 Å². The Kier molecular flexibility index (Phi) is 6.59. The molecule has 27 heavy (non-hydrogen) atoms. The van der Waals surface area contributed by atoms with Crippen LogP contribution in [0.2, 0.25) is 0 Å². The molecule has 1 N–H and O–H groups in total. The van der Waals surface area contributed by atoms with Crippen LogP contribution in [0.5, 0.6) is 0 Å². The molecule has 6 nitrogen and oxygen atoms in total. The van der Waals surface area contributed by atoms with Gasteiger partial charge in [0.05, 0.1) is 24.4 Å². The number of nitrogens with one attached hydrogen (secondary N) is 1. The maximum atomic E-state index is 12.9. The standard InChI is InChI=1S/C18H18FN3O3S2/c1-25-8-7-22-17(24)16-14(6-9-26-16)21-18(22)27-11-15(23)20-10-12-2-4-13(19)5-3-12/h2-6,9H,7-8,10-11H2,1H3,(H,20,23). The van der Waals surface area contributed by atoms with Gasteiger partial charge in [-0.3, -0.25) is 14.2 Å². The first-order chi connectivity index (χ1) is 13.1. The van der Waals surface area contributed by atoms with E-state index in [-0.39, 0.29) is 23.0 Å². The highest BCUT2D eigenvalue weighted by molar-refractivity contribution is 7.99. The summed E-state index contributed by atoms with van der Waals surface area (Å²) < 4.78 is 20.1. The number of thioether (sulfide) groups is 1. The van der Waals surface area contributed by atoms with Crippen LogP contribution in [0, 0.1) is 5.82 Å². The van der Waals surface area contributed by atoms with E-state index in [0.29, 0.717) is 35.1 Å². The molecular formula is C18H18FN3O3S2. The highest BCUT2D eigenvalue weighted by atomic mass is 32.2. The van der Waals surface area contributed by atoms with E-state index in [9.17, 15) is 14.0 Å². The van der Waals surface area contributed by atoms with Crippen molar-refractivity contribution in [2.45, 2.75) is 18.2 Å². The maximum Gasteiger partial charge on any atom is 0.272 e. The van der Waals surface area contributed by atoms with Gasteiger partial charge in [0.1, 0.15) is 10.5 Å². The van der Waals surface area contributed by atoms with Gasteiger partial charge < -0.3 is 10.1 Å². The minimum Gasteiger partial charge on any atom is -0.383 e. The predicted octanol–water partition coefficient (Wildman–Crippen LogP) is 2.65. The third-order valence-electron chi connectivity index (χ3n) is 3.79. The number of rotatable bonds is 8. The number of halogens is 1. The summed E-state index contributed by atoms with van der Waals surface area (Å²) in [4.78, 5) is 29.3. The number of benzene rings is 1. The van der Waals surface area contributed by atoms with E-state index < -0.39 is 0 Å². The number of carbonyl (C=O) groups is 1. The largest absolute Gasteiger partial charge is 0.383 e. The fourth-order valence-corrected chi connectivity index (χ4v) is 4.03. The van der Waals surface area contributed by atoms with Crippen LogP contribution in [0.15, 0.2) is 45.7 Å². The van der Waals surface area contributed by atoms with Crippen LogP contribution < -0.4 is 10.9 Å². The molecule has 0 spiro atoms. The Labute approximate surface area is 163 Å². The van der Waals surface area contributed by atoms with E-state index >= 15 is 0 Å². The molecule has 0 aliphatic heterocycles. The Balaban J connectivity index is 1.67. The summed E-state index contributed by atoms with van der Waals surface area (Å²) in [7, 11) is 1.57. The molecule has 142 valence electrons. The van der Waals surface area contributed by atoms with Crippen molar-refractivity contribution in [1.29, 1.82) is 0 Å². The molecule has 0 aliphatic carbocycles. The maximum absolute atomic E-state index is 12.9. The molecule has 0 saturated carbocycles. The van der Waals surface area contributed by atoms with Crippen molar-refractivity contribution in [3.05, 3.63) is 57.4 Å². The molecule has 0 bridgehead atoms. The van der Waals surface area contributed by atoms with Gasteiger partial charge in [0.25, 0.3) is 5.56 Å². The molecule has 0 atom stereocenters. The van der Waals surface area contributed by atoms with E-state index in [4.69, 9.17) is 4.74 Å². The van der Waals surface area contributed by atoms with Gasteiger partial charge >= 0.3 is 0 Å². The molecule has 1 aromatic carbocycles. The lowest BCUT2D eigenvalue weighted by atomic mass is 10.2.